The molecule has 0 amide bonds. The molecule has 1 aromatic heterocycles. The lowest BCUT2D eigenvalue weighted by molar-refractivity contribution is 0.354. The molecule has 4 nitrogen and oxygen atoms in total. The van der Waals surface area contributed by atoms with Crippen molar-refractivity contribution in [3.05, 3.63) is 65.1 Å². The lowest BCUT2D eigenvalue weighted by Crippen LogP contribution is -1.99. The highest BCUT2D eigenvalue weighted by atomic mass is 32.1. The lowest BCUT2D eigenvalue weighted by Gasteiger charge is -2.10. The number of hydrogen-bond donors (Lipinski definition) is 1. The van der Waals surface area contributed by atoms with Crippen molar-refractivity contribution in [3.8, 4) is 22.8 Å². The zero-order chi connectivity index (χ0) is 16.2. The van der Waals surface area contributed by atoms with Gasteiger partial charge < -0.3 is 19.0 Å². The van der Waals surface area contributed by atoms with Crippen LogP contribution < -0.4 is 9.47 Å². The van der Waals surface area contributed by atoms with E-state index in [-0.39, 0.29) is 0 Å². The minimum Gasteiger partial charge on any atom is -0.493 e. The molecule has 3 aromatic rings. The van der Waals surface area contributed by atoms with Gasteiger partial charge in [0.15, 0.2) is 16.3 Å². The molecule has 0 bridgehead atoms. The number of hydrogen-bond acceptors (Lipinski definition) is 3. The number of aromatic amines is 1. The first kappa shape index (κ1) is 15.4. The Balaban J connectivity index is 1.89. The summed E-state index contributed by atoms with van der Waals surface area (Å²) in [6, 6.07) is 16.0. The molecule has 118 valence electrons. The molecule has 0 aliphatic carbocycles. The van der Waals surface area contributed by atoms with E-state index in [1.54, 1.807) is 14.2 Å². The molecule has 1 heterocycles. The van der Waals surface area contributed by atoms with Crippen LogP contribution in [0.4, 0.5) is 0 Å². The average molecular weight is 326 g/mol. The first-order chi connectivity index (χ1) is 11.2. The highest BCUT2D eigenvalue weighted by molar-refractivity contribution is 7.71. The van der Waals surface area contributed by atoms with Crippen molar-refractivity contribution in [1.29, 1.82) is 0 Å². The van der Waals surface area contributed by atoms with E-state index in [9.17, 15) is 0 Å². The van der Waals surface area contributed by atoms with Gasteiger partial charge in [-0.1, -0.05) is 36.4 Å². The Labute approximate surface area is 140 Å². The molecule has 0 radical (unpaired) electrons. The van der Waals surface area contributed by atoms with Crippen LogP contribution in [-0.4, -0.2) is 23.8 Å². The first-order valence-corrected chi connectivity index (χ1v) is 7.68. The van der Waals surface area contributed by atoms with Gasteiger partial charge in [0.05, 0.1) is 19.9 Å². The zero-order valence-electron chi connectivity index (χ0n) is 13.1. The van der Waals surface area contributed by atoms with Crippen LogP contribution in [-0.2, 0) is 6.54 Å². The van der Waals surface area contributed by atoms with Gasteiger partial charge in [0, 0.05) is 12.7 Å². The number of methoxy groups -OCH3 is 2. The standard InChI is InChI=1S/C18H18N2O2S/c1-21-16-9-8-13(10-17(16)22-2)11-20-12-15(19-18(20)23)14-6-4-3-5-7-14/h3-10,12H,11H2,1-2H3,(H,19,23). The predicted octanol–water partition coefficient (Wildman–Crippen LogP) is 4.28. The van der Waals surface area contributed by atoms with Crippen LogP contribution in [0.3, 0.4) is 0 Å². The fourth-order valence-electron chi connectivity index (χ4n) is 2.49. The van der Waals surface area contributed by atoms with Crippen LogP contribution in [0.1, 0.15) is 5.56 Å². The molecular weight excluding hydrogens is 308 g/mol. The second-order valence-corrected chi connectivity index (χ2v) is 5.54. The number of aromatic nitrogens is 2. The van der Waals surface area contributed by atoms with Crippen molar-refractivity contribution in [2.75, 3.05) is 14.2 Å². The second kappa shape index (κ2) is 6.71. The molecule has 3 rings (SSSR count). The summed E-state index contributed by atoms with van der Waals surface area (Å²) in [6.07, 6.45) is 2.04. The zero-order valence-corrected chi connectivity index (χ0v) is 13.9. The monoisotopic (exact) mass is 326 g/mol. The quantitative estimate of drug-likeness (QED) is 0.711. The molecule has 1 N–H and O–H groups in total. The number of nitrogens with zero attached hydrogens (tertiary/aromatic N) is 1. The predicted molar refractivity (Wildman–Crippen MR) is 93.7 cm³/mol. The summed E-state index contributed by atoms with van der Waals surface area (Å²) in [6.45, 7) is 0.669. The molecular formula is C18H18N2O2S. The molecule has 0 unspecified atom stereocenters. The largest absolute Gasteiger partial charge is 0.493 e. The summed E-state index contributed by atoms with van der Waals surface area (Å²) in [5, 5.41) is 0. The number of nitrogens with one attached hydrogen (secondary N) is 1. The van der Waals surface area contributed by atoms with Gasteiger partial charge in [-0.05, 0) is 35.5 Å². The summed E-state index contributed by atoms with van der Waals surface area (Å²) in [5.41, 5.74) is 3.22. The number of imidazole rings is 1. The molecule has 23 heavy (non-hydrogen) atoms. The van der Waals surface area contributed by atoms with Gasteiger partial charge in [-0.25, -0.2) is 0 Å². The van der Waals surface area contributed by atoms with E-state index in [0.717, 1.165) is 28.3 Å². The number of rotatable bonds is 5. The Morgan fingerprint density at radius 3 is 2.43 bits per heavy atom. The van der Waals surface area contributed by atoms with Crippen molar-refractivity contribution in [2.24, 2.45) is 0 Å². The van der Waals surface area contributed by atoms with Gasteiger partial charge in [0.2, 0.25) is 0 Å². The maximum atomic E-state index is 5.43. The summed E-state index contributed by atoms with van der Waals surface area (Å²) >= 11 is 5.43. The SMILES string of the molecule is COc1ccc(Cn2cc(-c3ccccc3)[nH]c2=S)cc1OC. The highest BCUT2D eigenvalue weighted by Gasteiger charge is 2.07. The van der Waals surface area contributed by atoms with E-state index < -0.39 is 0 Å². The molecule has 0 saturated carbocycles. The maximum Gasteiger partial charge on any atom is 0.177 e. The first-order valence-electron chi connectivity index (χ1n) is 7.27. The highest BCUT2D eigenvalue weighted by Crippen LogP contribution is 2.28. The lowest BCUT2D eigenvalue weighted by atomic mass is 10.2. The summed E-state index contributed by atoms with van der Waals surface area (Å²) in [4.78, 5) is 3.25. The van der Waals surface area contributed by atoms with E-state index in [4.69, 9.17) is 21.7 Å². The average Bonchev–Trinajstić information content (AvgIpc) is 2.96. The van der Waals surface area contributed by atoms with Crippen LogP contribution in [0.2, 0.25) is 0 Å². The number of H-pyrrole nitrogens is 1. The Morgan fingerprint density at radius 2 is 1.74 bits per heavy atom. The number of ether oxygens (including phenoxy) is 2. The number of benzene rings is 2. The smallest absolute Gasteiger partial charge is 0.177 e. The van der Waals surface area contributed by atoms with Crippen LogP contribution >= 0.6 is 12.2 Å². The molecule has 2 aromatic carbocycles. The normalized spacial score (nSPS) is 10.5. The minimum atomic E-state index is 0.669. The molecule has 0 spiro atoms. The summed E-state index contributed by atoms with van der Waals surface area (Å²) in [7, 11) is 3.27. The summed E-state index contributed by atoms with van der Waals surface area (Å²) < 4.78 is 13.3. The van der Waals surface area contributed by atoms with E-state index in [2.05, 4.69) is 17.1 Å². The van der Waals surface area contributed by atoms with Crippen LogP contribution in [0, 0.1) is 4.77 Å². The van der Waals surface area contributed by atoms with Gasteiger partial charge in [-0.15, -0.1) is 0 Å². The van der Waals surface area contributed by atoms with Crippen LogP contribution in [0.15, 0.2) is 54.7 Å². The van der Waals surface area contributed by atoms with Crippen LogP contribution in [0.25, 0.3) is 11.3 Å². The van der Waals surface area contributed by atoms with Crippen molar-refractivity contribution in [3.63, 3.8) is 0 Å². The van der Waals surface area contributed by atoms with E-state index in [1.165, 1.54) is 0 Å². The second-order valence-electron chi connectivity index (χ2n) is 5.16. The molecule has 0 saturated heterocycles. The molecule has 0 aliphatic rings. The molecule has 0 aliphatic heterocycles. The fourth-order valence-corrected chi connectivity index (χ4v) is 2.72. The van der Waals surface area contributed by atoms with Gasteiger partial charge in [-0.2, -0.15) is 0 Å². The van der Waals surface area contributed by atoms with E-state index >= 15 is 0 Å². The topological polar surface area (TPSA) is 39.2 Å². The van der Waals surface area contributed by atoms with Crippen molar-refractivity contribution in [1.82, 2.24) is 9.55 Å². The van der Waals surface area contributed by atoms with Crippen LogP contribution in [0.5, 0.6) is 11.5 Å². The molecule has 5 heteroatoms. The Bertz CT molecular complexity index is 853. The van der Waals surface area contributed by atoms with Crippen molar-refractivity contribution < 1.29 is 9.47 Å². The van der Waals surface area contributed by atoms with Gasteiger partial charge >= 0.3 is 0 Å². The van der Waals surface area contributed by atoms with Crippen molar-refractivity contribution in [2.45, 2.75) is 6.54 Å². The van der Waals surface area contributed by atoms with Gasteiger partial charge in [-0.3, -0.25) is 0 Å². The third-order valence-electron chi connectivity index (χ3n) is 3.67. The third kappa shape index (κ3) is 3.29. The van der Waals surface area contributed by atoms with Crippen molar-refractivity contribution >= 4 is 12.2 Å². The summed E-state index contributed by atoms with van der Waals surface area (Å²) in [5.74, 6) is 1.44. The molecule has 0 atom stereocenters. The van der Waals surface area contributed by atoms with E-state index in [0.29, 0.717) is 11.3 Å². The molecule has 0 fully saturated rings. The third-order valence-corrected chi connectivity index (χ3v) is 4.01. The maximum absolute atomic E-state index is 5.43. The van der Waals surface area contributed by atoms with E-state index in [1.807, 2.05) is 47.2 Å². The fraction of sp³-hybridized carbons (Fsp3) is 0.167. The van der Waals surface area contributed by atoms with Gasteiger partial charge in [0.25, 0.3) is 0 Å². The Hall–Kier alpha value is -2.53. The Kier molecular flexibility index (Phi) is 4.48. The Morgan fingerprint density at radius 1 is 1.00 bits per heavy atom. The minimum absolute atomic E-state index is 0.669. The van der Waals surface area contributed by atoms with Gasteiger partial charge in [0.1, 0.15) is 0 Å².